The predicted octanol–water partition coefficient (Wildman–Crippen LogP) is 0.660. The Morgan fingerprint density at radius 2 is 2.24 bits per heavy atom. The van der Waals surface area contributed by atoms with Crippen LogP contribution in [0.4, 0.5) is 4.39 Å². The summed E-state index contributed by atoms with van der Waals surface area (Å²) in [7, 11) is -3.75. The first kappa shape index (κ1) is 14.0. The molecule has 1 aromatic rings. The number of rotatable bonds is 6. The molecule has 0 aliphatic rings. The molecule has 0 amide bonds. The van der Waals surface area contributed by atoms with Crippen LogP contribution in [0.3, 0.4) is 0 Å². The zero-order chi connectivity index (χ0) is 12.9. The van der Waals surface area contributed by atoms with Gasteiger partial charge in [0.05, 0.1) is 12.3 Å². The second kappa shape index (κ2) is 6.04. The quantitative estimate of drug-likeness (QED) is 0.789. The molecule has 0 radical (unpaired) electrons. The van der Waals surface area contributed by atoms with Crippen LogP contribution >= 0.6 is 0 Å². The van der Waals surface area contributed by atoms with E-state index in [9.17, 15) is 17.9 Å². The minimum atomic E-state index is -3.75. The molecule has 96 valence electrons. The highest BCUT2D eigenvalue weighted by atomic mass is 32.2. The van der Waals surface area contributed by atoms with Crippen molar-refractivity contribution in [1.29, 1.82) is 0 Å². The van der Waals surface area contributed by atoms with E-state index in [-0.39, 0.29) is 11.4 Å². The van der Waals surface area contributed by atoms with E-state index >= 15 is 0 Å². The molecule has 17 heavy (non-hydrogen) atoms. The molecular weight excluding hydrogens is 247 g/mol. The summed E-state index contributed by atoms with van der Waals surface area (Å²) in [5.41, 5.74) is 0. The molecule has 0 aromatic carbocycles. The maximum Gasteiger partial charge on any atom is 0.242 e. The van der Waals surface area contributed by atoms with Gasteiger partial charge in [-0.3, -0.25) is 4.98 Å². The molecule has 1 unspecified atom stereocenters. The second-order valence-corrected chi connectivity index (χ2v) is 5.35. The fraction of sp³-hybridized carbons (Fsp3) is 0.500. The minimum absolute atomic E-state index is 0.105. The molecule has 0 fully saturated rings. The van der Waals surface area contributed by atoms with Gasteiger partial charge in [0.25, 0.3) is 0 Å². The number of hydrogen-bond acceptors (Lipinski definition) is 4. The Bertz CT molecular complexity index is 464. The Kier molecular flexibility index (Phi) is 4.98. The average Bonchev–Trinajstić information content (AvgIpc) is 2.28. The molecule has 2 N–H and O–H groups in total. The maximum atomic E-state index is 12.8. The molecule has 0 saturated carbocycles. The van der Waals surface area contributed by atoms with Crippen LogP contribution in [0.25, 0.3) is 0 Å². The van der Waals surface area contributed by atoms with Crippen molar-refractivity contribution in [3.8, 4) is 0 Å². The van der Waals surface area contributed by atoms with Gasteiger partial charge in [0.1, 0.15) is 10.7 Å². The molecule has 0 saturated heterocycles. The number of halogens is 1. The van der Waals surface area contributed by atoms with Crippen LogP contribution in [0, 0.1) is 5.82 Å². The summed E-state index contributed by atoms with van der Waals surface area (Å²) in [4.78, 5) is 3.25. The van der Waals surface area contributed by atoms with E-state index in [1.54, 1.807) is 6.92 Å². The Labute approximate surface area is 99.7 Å². The van der Waals surface area contributed by atoms with Crippen molar-refractivity contribution in [2.45, 2.75) is 30.8 Å². The van der Waals surface area contributed by atoms with Gasteiger partial charge in [0.15, 0.2) is 0 Å². The molecular formula is C10H15FN2O3S. The summed E-state index contributed by atoms with van der Waals surface area (Å²) < 4.78 is 38.4. The highest BCUT2D eigenvalue weighted by Crippen LogP contribution is 2.08. The zero-order valence-corrected chi connectivity index (χ0v) is 10.2. The zero-order valence-electron chi connectivity index (χ0n) is 9.43. The standard InChI is InChI=1S/C10H15FN2O3S/c1-2-9(14)3-4-13-17(15,16)10-5-8(11)6-12-7-10/h5-7,9,13-14H,2-4H2,1H3. The van der Waals surface area contributed by atoms with Crippen LogP contribution in [0.5, 0.6) is 0 Å². The number of aliphatic hydroxyl groups excluding tert-OH is 1. The molecule has 7 heteroatoms. The van der Waals surface area contributed by atoms with Gasteiger partial charge in [-0.2, -0.15) is 0 Å². The van der Waals surface area contributed by atoms with E-state index in [1.807, 2.05) is 0 Å². The van der Waals surface area contributed by atoms with E-state index in [0.717, 1.165) is 18.5 Å². The van der Waals surface area contributed by atoms with Crippen LogP contribution in [-0.2, 0) is 10.0 Å². The van der Waals surface area contributed by atoms with Crippen LogP contribution < -0.4 is 4.72 Å². The van der Waals surface area contributed by atoms with Crippen LogP contribution in [0.1, 0.15) is 19.8 Å². The number of aromatic nitrogens is 1. The van der Waals surface area contributed by atoms with Gasteiger partial charge in [-0.15, -0.1) is 0 Å². The van der Waals surface area contributed by atoms with Crippen LogP contribution in [0.2, 0.25) is 0 Å². The van der Waals surface area contributed by atoms with Gasteiger partial charge < -0.3 is 5.11 Å². The lowest BCUT2D eigenvalue weighted by atomic mass is 10.2. The molecule has 0 aliphatic carbocycles. The topological polar surface area (TPSA) is 79.3 Å². The first-order valence-electron chi connectivity index (χ1n) is 5.24. The Morgan fingerprint density at radius 3 is 2.82 bits per heavy atom. The summed E-state index contributed by atoms with van der Waals surface area (Å²) in [6.45, 7) is 1.91. The number of sulfonamides is 1. The normalized spacial score (nSPS) is 13.6. The molecule has 1 rings (SSSR count). The monoisotopic (exact) mass is 262 g/mol. The van der Waals surface area contributed by atoms with Crippen molar-refractivity contribution in [3.05, 3.63) is 24.3 Å². The van der Waals surface area contributed by atoms with Crippen LogP contribution in [-0.4, -0.2) is 31.2 Å². The summed E-state index contributed by atoms with van der Waals surface area (Å²) in [6, 6.07) is 0.894. The highest BCUT2D eigenvalue weighted by molar-refractivity contribution is 7.89. The average molecular weight is 262 g/mol. The van der Waals surface area contributed by atoms with Gasteiger partial charge in [0, 0.05) is 12.7 Å². The molecule has 0 spiro atoms. The third-order valence-corrected chi connectivity index (χ3v) is 3.66. The maximum absolute atomic E-state index is 12.8. The fourth-order valence-corrected chi connectivity index (χ4v) is 2.21. The summed E-state index contributed by atoms with van der Waals surface area (Å²) in [5, 5.41) is 9.26. The SMILES string of the molecule is CCC(O)CCNS(=O)(=O)c1cncc(F)c1. The third kappa shape index (κ3) is 4.37. The number of nitrogens with one attached hydrogen (secondary N) is 1. The van der Waals surface area contributed by atoms with Crippen LogP contribution in [0.15, 0.2) is 23.4 Å². The number of hydrogen-bond donors (Lipinski definition) is 2. The van der Waals surface area contributed by atoms with Gasteiger partial charge in [-0.1, -0.05) is 6.92 Å². The lowest BCUT2D eigenvalue weighted by molar-refractivity contribution is 0.162. The van der Waals surface area contributed by atoms with E-state index < -0.39 is 21.9 Å². The lowest BCUT2D eigenvalue weighted by Gasteiger charge is -2.09. The summed E-state index contributed by atoms with van der Waals surface area (Å²) in [5.74, 6) is -0.707. The Hall–Kier alpha value is -1.05. The number of aliphatic hydroxyl groups is 1. The largest absolute Gasteiger partial charge is 0.393 e. The smallest absolute Gasteiger partial charge is 0.242 e. The first-order chi connectivity index (χ1) is 7.95. The van der Waals surface area contributed by atoms with Crippen molar-refractivity contribution in [3.63, 3.8) is 0 Å². The van der Waals surface area contributed by atoms with E-state index in [0.29, 0.717) is 12.8 Å². The minimum Gasteiger partial charge on any atom is -0.393 e. The van der Waals surface area contributed by atoms with Gasteiger partial charge >= 0.3 is 0 Å². The Morgan fingerprint density at radius 1 is 1.53 bits per heavy atom. The van der Waals surface area contributed by atoms with Gasteiger partial charge in [0.2, 0.25) is 10.0 Å². The predicted molar refractivity (Wildman–Crippen MR) is 60.3 cm³/mol. The van der Waals surface area contributed by atoms with Gasteiger partial charge in [-0.25, -0.2) is 17.5 Å². The number of pyridine rings is 1. The van der Waals surface area contributed by atoms with Crippen molar-refractivity contribution in [1.82, 2.24) is 9.71 Å². The Balaban J connectivity index is 2.63. The molecule has 1 aromatic heterocycles. The molecule has 1 heterocycles. The summed E-state index contributed by atoms with van der Waals surface area (Å²) in [6.07, 6.45) is 2.34. The third-order valence-electron chi connectivity index (χ3n) is 2.23. The molecule has 1 atom stereocenters. The van der Waals surface area contributed by atoms with E-state index in [4.69, 9.17) is 0 Å². The van der Waals surface area contributed by atoms with Crippen molar-refractivity contribution in [2.24, 2.45) is 0 Å². The fourth-order valence-electron chi connectivity index (χ4n) is 1.19. The van der Waals surface area contributed by atoms with Crippen molar-refractivity contribution >= 4 is 10.0 Å². The first-order valence-corrected chi connectivity index (χ1v) is 6.72. The van der Waals surface area contributed by atoms with Crippen molar-refractivity contribution in [2.75, 3.05) is 6.54 Å². The number of nitrogens with zero attached hydrogens (tertiary/aromatic N) is 1. The second-order valence-electron chi connectivity index (χ2n) is 3.59. The van der Waals surface area contributed by atoms with E-state index in [1.165, 1.54) is 0 Å². The van der Waals surface area contributed by atoms with Crippen molar-refractivity contribution < 1.29 is 17.9 Å². The van der Waals surface area contributed by atoms with Gasteiger partial charge in [-0.05, 0) is 18.9 Å². The van der Waals surface area contributed by atoms with E-state index in [2.05, 4.69) is 9.71 Å². The molecule has 0 bridgehead atoms. The highest BCUT2D eigenvalue weighted by Gasteiger charge is 2.15. The lowest BCUT2D eigenvalue weighted by Crippen LogP contribution is -2.27. The summed E-state index contributed by atoms with van der Waals surface area (Å²) >= 11 is 0. The molecule has 5 nitrogen and oxygen atoms in total. The molecule has 0 aliphatic heterocycles.